The van der Waals surface area contributed by atoms with Crippen LogP contribution in [-0.4, -0.2) is 27.7 Å². The molecule has 1 amide bonds. The molecule has 2 N–H and O–H groups in total. The number of sulfonamides is 1. The van der Waals surface area contributed by atoms with E-state index in [4.69, 9.17) is 4.74 Å². The molecule has 0 heterocycles. The molecule has 1 aromatic carbocycles. The van der Waals surface area contributed by atoms with E-state index in [1.54, 1.807) is 20.8 Å². The number of anilines is 2. The largest absolute Gasteiger partial charge is 0.493 e. The summed E-state index contributed by atoms with van der Waals surface area (Å²) in [5.74, 6) is -0.146. The summed E-state index contributed by atoms with van der Waals surface area (Å²) in [5.41, 5.74) is -0.227. The number of carbonyl (C=O) groups excluding carboxylic acids is 1. The number of ether oxygens (including phenoxy) is 1. The molecular weight excluding hydrogens is 306 g/mol. The van der Waals surface area contributed by atoms with Gasteiger partial charge in [-0.3, -0.25) is 9.52 Å². The van der Waals surface area contributed by atoms with Gasteiger partial charge in [0.05, 0.1) is 24.7 Å². The normalized spacial score (nSPS) is 11.5. The van der Waals surface area contributed by atoms with Crippen molar-refractivity contribution in [3.8, 4) is 11.8 Å². The quantitative estimate of drug-likeness (QED) is 0.879. The number of methoxy groups -OCH3 is 1. The van der Waals surface area contributed by atoms with Crippen molar-refractivity contribution < 1.29 is 17.9 Å². The Morgan fingerprint density at radius 2 is 1.82 bits per heavy atom. The second-order valence-corrected chi connectivity index (χ2v) is 7.51. The number of carbonyl (C=O) groups is 1. The van der Waals surface area contributed by atoms with Crippen molar-refractivity contribution in [2.24, 2.45) is 5.41 Å². The summed E-state index contributed by atoms with van der Waals surface area (Å²) in [4.78, 5) is 12.1. The lowest BCUT2D eigenvalue weighted by Crippen LogP contribution is -2.28. The molecule has 0 bridgehead atoms. The number of benzene rings is 1. The number of amides is 1. The lowest BCUT2D eigenvalue weighted by Gasteiger charge is -2.20. The Kier molecular flexibility index (Phi) is 5.04. The molecule has 1 rings (SSSR count). The van der Waals surface area contributed by atoms with Gasteiger partial charge in [-0.25, -0.2) is 8.42 Å². The highest BCUT2D eigenvalue weighted by Gasteiger charge is 2.24. The highest BCUT2D eigenvalue weighted by atomic mass is 32.2. The van der Waals surface area contributed by atoms with Crippen LogP contribution in [0.25, 0.3) is 0 Å². The Morgan fingerprint density at radius 1 is 1.27 bits per heavy atom. The average Bonchev–Trinajstić information content (AvgIpc) is 2.36. The lowest BCUT2D eigenvalue weighted by molar-refractivity contribution is -0.123. The van der Waals surface area contributed by atoms with E-state index < -0.39 is 15.4 Å². The molecular formula is C14H19N3O4S. The monoisotopic (exact) mass is 325 g/mol. The smallest absolute Gasteiger partial charge is 0.229 e. The van der Waals surface area contributed by atoms with E-state index in [0.717, 1.165) is 6.26 Å². The van der Waals surface area contributed by atoms with Crippen molar-refractivity contribution in [3.05, 3.63) is 17.7 Å². The highest BCUT2D eigenvalue weighted by molar-refractivity contribution is 7.92. The first-order valence-corrected chi connectivity index (χ1v) is 8.29. The molecule has 0 aliphatic heterocycles. The summed E-state index contributed by atoms with van der Waals surface area (Å²) < 4.78 is 30.1. The zero-order chi connectivity index (χ0) is 17.1. The predicted octanol–water partition coefficient (Wildman–Crippen LogP) is 1.92. The molecule has 0 aliphatic rings. The first-order valence-electron chi connectivity index (χ1n) is 6.40. The fourth-order valence-electron chi connectivity index (χ4n) is 1.60. The van der Waals surface area contributed by atoms with E-state index in [9.17, 15) is 18.5 Å². The average molecular weight is 325 g/mol. The fourth-order valence-corrected chi connectivity index (χ4v) is 2.17. The Labute approximate surface area is 130 Å². The number of hydrogen-bond acceptors (Lipinski definition) is 5. The van der Waals surface area contributed by atoms with Crippen molar-refractivity contribution in [2.75, 3.05) is 23.4 Å². The standard InChI is InChI=1S/C14H19N3O4S/c1-14(2,3)13(18)16-11-7-6-10(17-22(5,19)20)9(8-15)12(11)21-4/h6-7,17H,1-5H3,(H,16,18). The molecule has 22 heavy (non-hydrogen) atoms. The van der Waals surface area contributed by atoms with Crippen LogP contribution in [0.4, 0.5) is 11.4 Å². The number of nitrogens with zero attached hydrogens (tertiary/aromatic N) is 1. The zero-order valence-electron chi connectivity index (χ0n) is 13.1. The minimum absolute atomic E-state index is 0.000339. The Balaban J connectivity index is 3.34. The molecule has 8 heteroatoms. The number of hydrogen-bond donors (Lipinski definition) is 2. The number of rotatable bonds is 4. The van der Waals surface area contributed by atoms with Crippen LogP contribution < -0.4 is 14.8 Å². The van der Waals surface area contributed by atoms with E-state index in [2.05, 4.69) is 10.0 Å². The molecule has 0 saturated carbocycles. The van der Waals surface area contributed by atoms with Gasteiger partial charge in [-0.05, 0) is 12.1 Å². The van der Waals surface area contributed by atoms with Gasteiger partial charge in [-0.1, -0.05) is 20.8 Å². The van der Waals surface area contributed by atoms with Gasteiger partial charge >= 0.3 is 0 Å². The first-order chi connectivity index (χ1) is 9.99. The Bertz CT molecular complexity index is 728. The van der Waals surface area contributed by atoms with E-state index in [0.29, 0.717) is 5.69 Å². The minimum Gasteiger partial charge on any atom is -0.493 e. The van der Waals surface area contributed by atoms with Crippen LogP contribution in [0.3, 0.4) is 0 Å². The van der Waals surface area contributed by atoms with Gasteiger partial charge in [0.25, 0.3) is 0 Å². The third-order valence-corrected chi connectivity index (χ3v) is 3.29. The summed E-state index contributed by atoms with van der Waals surface area (Å²) in [6.45, 7) is 5.25. The van der Waals surface area contributed by atoms with Gasteiger partial charge in [-0.2, -0.15) is 5.26 Å². The Morgan fingerprint density at radius 3 is 2.23 bits per heavy atom. The molecule has 120 valence electrons. The van der Waals surface area contributed by atoms with Crippen LogP contribution in [0.1, 0.15) is 26.3 Å². The predicted molar refractivity (Wildman–Crippen MR) is 84.3 cm³/mol. The minimum atomic E-state index is -3.54. The second kappa shape index (κ2) is 6.23. The zero-order valence-corrected chi connectivity index (χ0v) is 14.0. The van der Waals surface area contributed by atoms with Gasteiger partial charge in [0, 0.05) is 5.41 Å². The summed E-state index contributed by atoms with van der Waals surface area (Å²) in [6, 6.07) is 4.77. The van der Waals surface area contributed by atoms with Crippen LogP contribution >= 0.6 is 0 Å². The molecule has 1 aromatic rings. The molecule has 0 saturated heterocycles. The van der Waals surface area contributed by atoms with E-state index in [-0.39, 0.29) is 22.9 Å². The third kappa shape index (κ3) is 4.36. The maximum absolute atomic E-state index is 12.1. The van der Waals surface area contributed by atoms with Crippen LogP contribution in [-0.2, 0) is 14.8 Å². The summed E-state index contributed by atoms with van der Waals surface area (Å²) >= 11 is 0. The van der Waals surface area contributed by atoms with Crippen LogP contribution in [0.15, 0.2) is 12.1 Å². The van der Waals surface area contributed by atoms with Gasteiger partial charge in [0.1, 0.15) is 11.6 Å². The molecule has 7 nitrogen and oxygen atoms in total. The molecule has 0 unspecified atom stereocenters. The van der Waals surface area contributed by atoms with Crippen molar-refractivity contribution in [1.82, 2.24) is 0 Å². The first kappa shape index (κ1) is 17.8. The van der Waals surface area contributed by atoms with E-state index >= 15 is 0 Å². The maximum Gasteiger partial charge on any atom is 0.229 e. The van der Waals surface area contributed by atoms with Gasteiger partial charge in [-0.15, -0.1) is 0 Å². The number of nitrogens with one attached hydrogen (secondary N) is 2. The lowest BCUT2D eigenvalue weighted by atomic mass is 9.95. The van der Waals surface area contributed by atoms with Gasteiger partial charge in [0.15, 0.2) is 5.75 Å². The third-order valence-electron chi connectivity index (χ3n) is 2.70. The molecule has 0 fully saturated rings. The second-order valence-electron chi connectivity index (χ2n) is 5.76. The maximum atomic E-state index is 12.1. The van der Waals surface area contributed by atoms with Crippen molar-refractivity contribution in [2.45, 2.75) is 20.8 Å². The van der Waals surface area contributed by atoms with Crippen LogP contribution in [0, 0.1) is 16.7 Å². The SMILES string of the molecule is COc1c(NC(=O)C(C)(C)C)ccc(NS(C)(=O)=O)c1C#N. The van der Waals surface area contributed by atoms with Crippen molar-refractivity contribution in [3.63, 3.8) is 0 Å². The highest BCUT2D eigenvalue weighted by Crippen LogP contribution is 2.35. The fraction of sp³-hybridized carbons (Fsp3) is 0.429. The molecule has 0 radical (unpaired) electrons. The topological polar surface area (TPSA) is 108 Å². The van der Waals surface area contributed by atoms with Crippen molar-refractivity contribution in [1.29, 1.82) is 5.26 Å². The molecule has 0 spiro atoms. The van der Waals surface area contributed by atoms with E-state index in [1.165, 1.54) is 19.2 Å². The van der Waals surface area contributed by atoms with E-state index in [1.807, 2.05) is 6.07 Å². The summed E-state index contributed by atoms with van der Waals surface area (Å²) in [5, 5.41) is 11.9. The molecule has 0 aromatic heterocycles. The van der Waals surface area contributed by atoms with Gasteiger partial charge < -0.3 is 10.1 Å². The van der Waals surface area contributed by atoms with Gasteiger partial charge in [0.2, 0.25) is 15.9 Å². The molecule has 0 aliphatic carbocycles. The van der Waals surface area contributed by atoms with Crippen LogP contribution in [0.2, 0.25) is 0 Å². The Hall–Kier alpha value is -2.27. The van der Waals surface area contributed by atoms with Crippen molar-refractivity contribution >= 4 is 27.3 Å². The number of nitriles is 1. The summed E-state index contributed by atoms with van der Waals surface area (Å²) in [6.07, 6.45) is 0.982. The summed E-state index contributed by atoms with van der Waals surface area (Å²) in [7, 11) is -2.20. The van der Waals surface area contributed by atoms with Crippen LogP contribution in [0.5, 0.6) is 5.75 Å². The molecule has 0 atom stereocenters.